The fraction of sp³-hybridized carbons (Fsp3) is 0.292. The van der Waals surface area contributed by atoms with E-state index in [9.17, 15) is 9.90 Å². The molecule has 6 nitrogen and oxygen atoms in total. The van der Waals surface area contributed by atoms with Crippen molar-refractivity contribution in [2.75, 3.05) is 0 Å². The van der Waals surface area contributed by atoms with E-state index in [4.69, 9.17) is 4.42 Å². The predicted octanol–water partition coefficient (Wildman–Crippen LogP) is 4.28. The molecule has 3 heterocycles. The third kappa shape index (κ3) is 3.46. The lowest BCUT2D eigenvalue weighted by molar-refractivity contribution is -0.131. The third-order valence-corrected chi connectivity index (χ3v) is 6.82. The average Bonchev–Trinajstić information content (AvgIpc) is 3.42. The van der Waals surface area contributed by atoms with Gasteiger partial charge in [0.2, 0.25) is 5.91 Å². The Hall–Kier alpha value is -2.61. The van der Waals surface area contributed by atoms with Crippen molar-refractivity contribution in [3.63, 3.8) is 0 Å². The number of hydrogen-bond donors (Lipinski definition) is 3. The molecular weight excluding hydrogens is 458 g/mol. The Labute approximate surface area is 189 Å². The second kappa shape index (κ2) is 7.82. The summed E-state index contributed by atoms with van der Waals surface area (Å²) < 4.78 is 6.52. The van der Waals surface area contributed by atoms with Crippen LogP contribution in [0.5, 0.6) is 5.75 Å². The molecule has 0 aliphatic carbocycles. The number of nitrogens with one attached hydrogen (secondary N) is 2. The topological polar surface area (TPSA) is 77.7 Å². The van der Waals surface area contributed by atoms with Gasteiger partial charge in [-0.25, -0.2) is 10.9 Å². The molecule has 0 radical (unpaired) electrons. The number of rotatable bonds is 4. The van der Waals surface area contributed by atoms with Crippen molar-refractivity contribution >= 4 is 21.8 Å². The number of hydrazine groups is 1. The van der Waals surface area contributed by atoms with Crippen molar-refractivity contribution < 1.29 is 14.3 Å². The minimum absolute atomic E-state index is 0.0191. The normalized spacial score (nSPS) is 25.3. The van der Waals surface area contributed by atoms with E-state index in [1.54, 1.807) is 12.3 Å². The maximum atomic E-state index is 13.5. The largest absolute Gasteiger partial charge is 0.508 e. The number of amides is 1. The highest BCUT2D eigenvalue weighted by molar-refractivity contribution is 9.10. The molecule has 3 N–H and O–H groups in total. The van der Waals surface area contributed by atoms with Crippen LogP contribution in [0.25, 0.3) is 0 Å². The zero-order valence-corrected chi connectivity index (χ0v) is 18.9. The Morgan fingerprint density at radius 3 is 2.61 bits per heavy atom. The van der Waals surface area contributed by atoms with Gasteiger partial charge in [-0.05, 0) is 60.9 Å². The first kappa shape index (κ1) is 20.3. The number of carbonyl (C=O) groups excluding carboxylic acids is 1. The Kier molecular flexibility index (Phi) is 5.12. The van der Waals surface area contributed by atoms with Gasteiger partial charge in [-0.1, -0.05) is 34.1 Å². The number of phenols is 1. The first-order valence-electron chi connectivity index (χ1n) is 10.3. The fourth-order valence-corrected chi connectivity index (χ4v) is 5.56. The number of aromatic hydroxyl groups is 1. The molecule has 0 bridgehead atoms. The predicted molar refractivity (Wildman–Crippen MR) is 120 cm³/mol. The Morgan fingerprint density at radius 2 is 1.90 bits per heavy atom. The minimum atomic E-state index is -0.399. The quantitative estimate of drug-likeness (QED) is 0.518. The van der Waals surface area contributed by atoms with E-state index < -0.39 is 6.04 Å². The lowest BCUT2D eigenvalue weighted by Crippen LogP contribution is -2.41. The van der Waals surface area contributed by atoms with Gasteiger partial charge in [0.05, 0.1) is 24.9 Å². The monoisotopic (exact) mass is 481 g/mol. The maximum Gasteiger partial charge on any atom is 0.242 e. The van der Waals surface area contributed by atoms with Gasteiger partial charge in [0.1, 0.15) is 17.6 Å². The van der Waals surface area contributed by atoms with Crippen LogP contribution in [0.3, 0.4) is 0 Å². The Balaban J connectivity index is 1.61. The van der Waals surface area contributed by atoms with E-state index in [1.165, 1.54) is 0 Å². The number of hydrogen-bond acceptors (Lipinski definition) is 5. The van der Waals surface area contributed by atoms with Crippen molar-refractivity contribution in [2.24, 2.45) is 5.92 Å². The molecule has 5 rings (SSSR count). The summed E-state index contributed by atoms with van der Waals surface area (Å²) in [7, 11) is 0. The van der Waals surface area contributed by atoms with Gasteiger partial charge in [-0.2, -0.15) is 0 Å². The van der Waals surface area contributed by atoms with E-state index in [2.05, 4.69) is 45.0 Å². The van der Waals surface area contributed by atoms with Gasteiger partial charge >= 0.3 is 0 Å². The molecule has 0 saturated carbocycles. The van der Waals surface area contributed by atoms with Crippen LogP contribution in [0, 0.1) is 19.8 Å². The summed E-state index contributed by atoms with van der Waals surface area (Å²) in [5.41, 5.74) is 10.4. The van der Waals surface area contributed by atoms with Crippen LogP contribution in [-0.2, 0) is 11.3 Å². The Bertz CT molecular complexity index is 1110. The zero-order chi connectivity index (χ0) is 21.7. The summed E-state index contributed by atoms with van der Waals surface area (Å²) in [5, 5.41) is 10.8. The van der Waals surface area contributed by atoms with Gasteiger partial charge in [-0.3, -0.25) is 4.79 Å². The SMILES string of the molecule is Cc1cc(C)c(C2NNC3C(=O)N(Cc4ccco4)C(c4cccc(Br)c4)C32)c(O)c1. The molecule has 2 saturated heterocycles. The number of carbonyl (C=O) groups is 1. The smallest absolute Gasteiger partial charge is 0.242 e. The van der Waals surface area contributed by atoms with Crippen LogP contribution in [0.4, 0.5) is 0 Å². The molecule has 31 heavy (non-hydrogen) atoms. The third-order valence-electron chi connectivity index (χ3n) is 6.33. The van der Waals surface area contributed by atoms with Crippen LogP contribution in [-0.4, -0.2) is 22.0 Å². The van der Waals surface area contributed by atoms with E-state index in [-0.39, 0.29) is 29.7 Å². The van der Waals surface area contributed by atoms with E-state index in [1.807, 2.05) is 43.0 Å². The number of benzene rings is 2. The number of fused-ring (bicyclic) bond motifs is 1. The average molecular weight is 482 g/mol. The lowest BCUT2D eigenvalue weighted by Gasteiger charge is -2.31. The Morgan fingerprint density at radius 1 is 1.10 bits per heavy atom. The van der Waals surface area contributed by atoms with Gasteiger partial charge in [0.15, 0.2) is 0 Å². The number of aryl methyl sites for hydroxylation is 2. The van der Waals surface area contributed by atoms with Crippen molar-refractivity contribution in [3.05, 3.63) is 87.3 Å². The first-order chi connectivity index (χ1) is 14.9. The van der Waals surface area contributed by atoms with E-state index in [0.717, 1.165) is 32.5 Å². The molecule has 4 unspecified atom stereocenters. The zero-order valence-electron chi connectivity index (χ0n) is 17.3. The highest BCUT2D eigenvalue weighted by atomic mass is 79.9. The van der Waals surface area contributed by atoms with E-state index >= 15 is 0 Å². The molecule has 1 aromatic heterocycles. The van der Waals surface area contributed by atoms with Gasteiger partial charge < -0.3 is 14.4 Å². The van der Waals surface area contributed by atoms with Crippen LogP contribution in [0.15, 0.2) is 63.7 Å². The molecule has 4 atom stereocenters. The van der Waals surface area contributed by atoms with Gasteiger partial charge in [0, 0.05) is 16.0 Å². The standard InChI is InChI=1S/C24H24BrN3O3/c1-13-9-14(2)19(18(29)10-13)21-20-22(27-26-21)24(30)28(12-17-7-4-8-31-17)23(20)15-5-3-6-16(25)11-15/h3-11,20-23,26-27,29H,12H2,1-2H3. The minimum Gasteiger partial charge on any atom is -0.508 e. The molecule has 2 fully saturated rings. The summed E-state index contributed by atoms with van der Waals surface area (Å²) in [6.45, 7) is 4.36. The molecule has 2 aromatic carbocycles. The highest BCUT2D eigenvalue weighted by Gasteiger charge is 2.56. The van der Waals surface area contributed by atoms with Crippen molar-refractivity contribution in [1.29, 1.82) is 0 Å². The molecule has 1 amide bonds. The van der Waals surface area contributed by atoms with Crippen LogP contribution < -0.4 is 10.9 Å². The summed E-state index contributed by atoms with van der Waals surface area (Å²) >= 11 is 3.58. The van der Waals surface area contributed by atoms with Crippen LogP contribution in [0.1, 0.15) is 40.1 Å². The summed E-state index contributed by atoms with van der Waals surface area (Å²) in [6, 6.07) is 14.8. The lowest BCUT2D eigenvalue weighted by atomic mass is 9.81. The number of furan rings is 1. The summed E-state index contributed by atoms with van der Waals surface area (Å²) in [6.07, 6.45) is 1.63. The highest BCUT2D eigenvalue weighted by Crippen LogP contribution is 2.50. The number of likely N-dealkylation sites (tertiary alicyclic amines) is 1. The maximum absolute atomic E-state index is 13.5. The van der Waals surface area contributed by atoms with Crippen LogP contribution in [0.2, 0.25) is 0 Å². The van der Waals surface area contributed by atoms with Crippen molar-refractivity contribution in [1.82, 2.24) is 15.8 Å². The number of nitrogens with zero attached hydrogens (tertiary/aromatic N) is 1. The molecule has 0 spiro atoms. The summed E-state index contributed by atoms with van der Waals surface area (Å²) in [4.78, 5) is 15.4. The second-order valence-electron chi connectivity index (χ2n) is 8.38. The molecule has 7 heteroatoms. The second-order valence-corrected chi connectivity index (χ2v) is 9.30. The molecular formula is C24H24BrN3O3. The fourth-order valence-electron chi connectivity index (χ4n) is 5.14. The first-order valence-corrected chi connectivity index (χ1v) is 11.1. The number of halogens is 1. The molecule has 2 aliphatic rings. The van der Waals surface area contributed by atoms with Gasteiger partial charge in [0.25, 0.3) is 0 Å². The summed E-state index contributed by atoms with van der Waals surface area (Å²) in [5.74, 6) is 0.907. The molecule has 160 valence electrons. The van der Waals surface area contributed by atoms with E-state index in [0.29, 0.717) is 6.54 Å². The number of phenolic OH excluding ortho intramolecular Hbond substituents is 1. The van der Waals surface area contributed by atoms with Gasteiger partial charge in [-0.15, -0.1) is 0 Å². The molecule has 3 aromatic rings. The van der Waals surface area contributed by atoms with Crippen molar-refractivity contribution in [2.45, 2.75) is 38.5 Å². The van der Waals surface area contributed by atoms with Crippen LogP contribution >= 0.6 is 15.9 Å². The molecule has 2 aliphatic heterocycles. The van der Waals surface area contributed by atoms with Crippen molar-refractivity contribution in [3.8, 4) is 5.75 Å².